The van der Waals surface area contributed by atoms with Crippen LogP contribution < -0.4 is 0 Å². The van der Waals surface area contributed by atoms with Crippen LogP contribution in [0.25, 0.3) is 0 Å². The van der Waals surface area contributed by atoms with Gasteiger partial charge >= 0.3 is 0 Å². The van der Waals surface area contributed by atoms with Crippen molar-refractivity contribution >= 4 is 13.9 Å². The maximum absolute atomic E-state index is 12.1. The van der Waals surface area contributed by atoms with Crippen molar-refractivity contribution in [3.8, 4) is 0 Å². The van der Waals surface area contributed by atoms with Gasteiger partial charge in [-0.2, -0.15) is 0 Å². The van der Waals surface area contributed by atoms with Gasteiger partial charge in [0.05, 0.1) is 8.07 Å². The van der Waals surface area contributed by atoms with Gasteiger partial charge in [-0.25, -0.2) is 0 Å². The van der Waals surface area contributed by atoms with Crippen LogP contribution in [0.2, 0.25) is 16.6 Å². The number of carbonyl (C=O) groups excluding carboxylic acids is 1. The number of aliphatic hydroxyl groups is 1. The minimum atomic E-state index is -1.71. The second kappa shape index (κ2) is 5.66. The van der Waals surface area contributed by atoms with E-state index in [1.807, 2.05) is 6.92 Å². The molecule has 0 heterocycles. The van der Waals surface area contributed by atoms with Gasteiger partial charge in [-0.1, -0.05) is 47.2 Å². The van der Waals surface area contributed by atoms with E-state index in [9.17, 15) is 9.90 Å². The highest BCUT2D eigenvalue weighted by Crippen LogP contribution is 2.44. The first-order chi connectivity index (χ1) is 8.64. The minimum Gasteiger partial charge on any atom is -0.504 e. The SMILES string of the molecule is CC1=C(O)C(=O)/C(=C\[Si](C(C)C)(C(C)C)C(C)C)C1. The lowest BCUT2D eigenvalue weighted by molar-refractivity contribution is -0.114. The van der Waals surface area contributed by atoms with Gasteiger partial charge in [0, 0.05) is 6.42 Å². The van der Waals surface area contributed by atoms with Crippen molar-refractivity contribution in [2.45, 2.75) is 71.5 Å². The average molecular weight is 280 g/mol. The lowest BCUT2D eigenvalue weighted by atomic mass is 10.2. The molecule has 0 aromatic rings. The summed E-state index contributed by atoms with van der Waals surface area (Å²) in [6.07, 6.45) is 0.631. The van der Waals surface area contributed by atoms with Crippen LogP contribution in [0.4, 0.5) is 0 Å². The van der Waals surface area contributed by atoms with Gasteiger partial charge in [0.25, 0.3) is 0 Å². The van der Waals surface area contributed by atoms with E-state index < -0.39 is 8.07 Å². The van der Waals surface area contributed by atoms with Crippen LogP contribution in [0, 0.1) is 0 Å². The van der Waals surface area contributed by atoms with Crippen molar-refractivity contribution in [1.82, 2.24) is 0 Å². The summed E-state index contributed by atoms with van der Waals surface area (Å²) in [6, 6.07) is 0. The molecule has 1 N–H and O–H groups in total. The molecule has 19 heavy (non-hydrogen) atoms. The quantitative estimate of drug-likeness (QED) is 0.585. The molecule has 0 fully saturated rings. The van der Waals surface area contributed by atoms with Crippen molar-refractivity contribution < 1.29 is 9.90 Å². The van der Waals surface area contributed by atoms with Gasteiger partial charge in [-0.3, -0.25) is 4.79 Å². The third-order valence-corrected chi connectivity index (χ3v) is 11.6. The second-order valence-electron chi connectivity index (χ2n) is 6.77. The average Bonchev–Trinajstić information content (AvgIpc) is 2.52. The van der Waals surface area contributed by atoms with Crippen LogP contribution in [0.1, 0.15) is 54.9 Å². The molecule has 2 nitrogen and oxygen atoms in total. The van der Waals surface area contributed by atoms with E-state index in [0.29, 0.717) is 23.0 Å². The van der Waals surface area contributed by atoms with Gasteiger partial charge in [0.2, 0.25) is 5.78 Å². The Balaban J connectivity index is 3.28. The van der Waals surface area contributed by atoms with Gasteiger partial charge < -0.3 is 5.11 Å². The van der Waals surface area contributed by atoms with Gasteiger partial charge in [0.1, 0.15) is 0 Å². The number of hydrogen-bond donors (Lipinski definition) is 1. The molecule has 0 saturated heterocycles. The van der Waals surface area contributed by atoms with Crippen LogP contribution in [0.15, 0.2) is 22.6 Å². The number of Topliss-reactive ketones (excluding diaryl/α,β-unsaturated/α-hetero) is 1. The Bertz CT molecular complexity index is 406. The van der Waals surface area contributed by atoms with Crippen molar-refractivity contribution in [2.24, 2.45) is 0 Å². The van der Waals surface area contributed by atoms with Gasteiger partial charge in [-0.05, 0) is 34.7 Å². The highest BCUT2D eigenvalue weighted by atomic mass is 28.3. The molecule has 1 aliphatic rings. The summed E-state index contributed by atoms with van der Waals surface area (Å²) < 4.78 is 0. The monoisotopic (exact) mass is 280 g/mol. The Kier molecular flexibility index (Phi) is 4.83. The number of hydrogen-bond acceptors (Lipinski definition) is 2. The largest absolute Gasteiger partial charge is 0.504 e. The lowest BCUT2D eigenvalue weighted by Crippen LogP contribution is -2.43. The topological polar surface area (TPSA) is 37.3 Å². The standard InChI is InChI=1S/C16H28O2Si/c1-10(2)19(11(3)4,12(5)6)9-14-8-13(7)15(17)16(14)18/h9-12,17H,8H2,1-7H3/b14-9-. The molecule has 0 amide bonds. The first kappa shape index (κ1) is 16.2. The Hall–Kier alpha value is -0.833. The normalized spacial score (nSPS) is 19.7. The van der Waals surface area contributed by atoms with Crippen LogP contribution in [-0.4, -0.2) is 19.0 Å². The predicted octanol–water partition coefficient (Wildman–Crippen LogP) is 4.94. The molecule has 108 valence electrons. The summed E-state index contributed by atoms with van der Waals surface area (Å²) in [4.78, 5) is 12.1. The highest BCUT2D eigenvalue weighted by molar-refractivity contribution is 6.88. The molecule has 1 aliphatic carbocycles. The molecule has 0 spiro atoms. The number of rotatable bonds is 4. The molecule has 0 radical (unpaired) electrons. The lowest BCUT2D eigenvalue weighted by Gasteiger charge is -2.41. The summed E-state index contributed by atoms with van der Waals surface area (Å²) in [5.41, 5.74) is 5.72. The van der Waals surface area contributed by atoms with E-state index in [2.05, 4.69) is 47.2 Å². The van der Waals surface area contributed by atoms with Crippen LogP contribution in [0.5, 0.6) is 0 Å². The molecule has 3 heteroatoms. The Morgan fingerprint density at radius 1 is 1.05 bits per heavy atom. The third kappa shape index (κ3) is 2.71. The molecule has 0 aliphatic heterocycles. The van der Waals surface area contributed by atoms with E-state index in [1.165, 1.54) is 0 Å². The van der Waals surface area contributed by atoms with Crippen LogP contribution in [0.3, 0.4) is 0 Å². The minimum absolute atomic E-state index is 0.0228. The maximum Gasteiger partial charge on any atom is 0.222 e. The number of ketones is 1. The fraction of sp³-hybridized carbons (Fsp3) is 0.688. The molecule has 0 atom stereocenters. The molecule has 0 saturated carbocycles. The van der Waals surface area contributed by atoms with Crippen molar-refractivity contribution in [2.75, 3.05) is 0 Å². The maximum atomic E-state index is 12.1. The van der Waals surface area contributed by atoms with Crippen LogP contribution >= 0.6 is 0 Å². The fourth-order valence-electron chi connectivity index (χ4n) is 3.71. The zero-order valence-electron chi connectivity index (χ0n) is 13.4. The fourth-order valence-corrected chi connectivity index (χ4v) is 9.55. The first-order valence-corrected chi connectivity index (χ1v) is 9.60. The van der Waals surface area contributed by atoms with E-state index in [0.717, 1.165) is 11.1 Å². The Labute approximate surface area is 118 Å². The summed E-state index contributed by atoms with van der Waals surface area (Å²) in [7, 11) is -1.71. The summed E-state index contributed by atoms with van der Waals surface area (Å²) >= 11 is 0. The Morgan fingerprint density at radius 3 is 1.74 bits per heavy atom. The smallest absolute Gasteiger partial charge is 0.222 e. The van der Waals surface area contributed by atoms with Crippen molar-refractivity contribution in [1.29, 1.82) is 0 Å². The van der Waals surface area contributed by atoms with E-state index in [-0.39, 0.29) is 11.5 Å². The highest BCUT2D eigenvalue weighted by Gasteiger charge is 2.42. The summed E-state index contributed by atoms with van der Waals surface area (Å²) in [5, 5.41) is 9.75. The van der Waals surface area contributed by atoms with Crippen LogP contribution in [-0.2, 0) is 4.79 Å². The van der Waals surface area contributed by atoms with E-state index >= 15 is 0 Å². The number of allylic oxidation sites excluding steroid dienone is 2. The molecule has 0 bridgehead atoms. The zero-order chi connectivity index (χ0) is 15.0. The Morgan fingerprint density at radius 2 is 1.47 bits per heavy atom. The zero-order valence-corrected chi connectivity index (χ0v) is 14.4. The summed E-state index contributed by atoms with van der Waals surface area (Å²) in [6.45, 7) is 15.5. The summed E-state index contributed by atoms with van der Waals surface area (Å²) in [5.74, 6) is -0.165. The second-order valence-corrected chi connectivity index (χ2v) is 12.5. The predicted molar refractivity (Wildman–Crippen MR) is 84.1 cm³/mol. The van der Waals surface area contributed by atoms with Gasteiger partial charge in [-0.15, -0.1) is 0 Å². The third-order valence-electron chi connectivity index (χ3n) is 4.79. The number of aliphatic hydroxyl groups excluding tert-OH is 1. The first-order valence-electron chi connectivity index (χ1n) is 7.29. The van der Waals surface area contributed by atoms with Gasteiger partial charge in [0.15, 0.2) is 5.76 Å². The molecule has 1 rings (SSSR count). The molecule has 0 unspecified atom stereocenters. The number of carbonyl (C=O) groups is 1. The molecule has 0 aromatic heterocycles. The van der Waals surface area contributed by atoms with E-state index in [4.69, 9.17) is 0 Å². The van der Waals surface area contributed by atoms with E-state index in [1.54, 1.807) is 0 Å². The van der Waals surface area contributed by atoms with Crippen molar-refractivity contribution in [3.05, 3.63) is 22.6 Å². The molecule has 0 aromatic carbocycles. The molecular formula is C16H28O2Si. The van der Waals surface area contributed by atoms with Crippen molar-refractivity contribution in [3.63, 3.8) is 0 Å². The molecular weight excluding hydrogens is 252 g/mol.